The Morgan fingerprint density at radius 2 is 1.71 bits per heavy atom. The van der Waals surface area contributed by atoms with E-state index in [1.165, 1.54) is 0 Å². The number of fused-ring (bicyclic) bond motifs is 2. The molecule has 0 bridgehead atoms. The molecule has 0 spiro atoms. The van der Waals surface area contributed by atoms with Crippen LogP contribution in [0.4, 0.5) is 0 Å². The van der Waals surface area contributed by atoms with E-state index in [2.05, 4.69) is 18.2 Å². The number of carbonyl (C=O) groups excluding carboxylic acids is 2. The first kappa shape index (κ1) is 19.5. The van der Waals surface area contributed by atoms with Gasteiger partial charge in [-0.15, -0.1) is 0 Å². The van der Waals surface area contributed by atoms with Crippen LogP contribution >= 0.6 is 0 Å². The summed E-state index contributed by atoms with van der Waals surface area (Å²) in [6, 6.07) is 17.8. The minimum Gasteiger partial charge on any atom is -0.452 e. The van der Waals surface area contributed by atoms with E-state index in [1.807, 2.05) is 42.5 Å². The van der Waals surface area contributed by atoms with Crippen molar-refractivity contribution >= 4 is 34.4 Å². The van der Waals surface area contributed by atoms with Crippen LogP contribution in [-0.2, 0) is 16.0 Å². The average Bonchev–Trinajstić information content (AvgIpc) is 3.47. The Labute approximate surface area is 181 Å². The quantitative estimate of drug-likeness (QED) is 0.592. The molecule has 31 heavy (non-hydrogen) atoms. The molecule has 0 atom stereocenters. The van der Waals surface area contributed by atoms with Crippen molar-refractivity contribution in [3.8, 4) is 0 Å². The molecule has 2 aromatic carbocycles. The first-order valence-electron chi connectivity index (χ1n) is 10.8. The summed E-state index contributed by atoms with van der Waals surface area (Å²) in [5.41, 5.74) is 5.32. The molecule has 2 heterocycles. The highest BCUT2D eigenvalue weighted by Gasteiger charge is 2.28. The normalized spacial score (nSPS) is 16.6. The lowest BCUT2D eigenvalue weighted by atomic mass is 10.0. The van der Waals surface area contributed by atoms with Crippen LogP contribution in [0.15, 0.2) is 54.6 Å². The first-order chi connectivity index (χ1) is 15.2. The number of rotatable bonds is 4. The standard InChI is InChI=1S/C26H24N2O3/c29-23(28-14-6-7-15-28)17-31-26(30)24-20-10-4-5-11-22(20)27-25-19(12-13-21(24)25)16-18-8-2-1-3-9-18/h1-5,8-11,16H,6-7,12-15,17H2/b19-16+. The minimum atomic E-state index is -0.441. The van der Waals surface area contributed by atoms with E-state index in [4.69, 9.17) is 9.72 Å². The van der Waals surface area contributed by atoms with Crippen LogP contribution < -0.4 is 0 Å². The second kappa shape index (κ2) is 8.34. The van der Waals surface area contributed by atoms with Gasteiger partial charge in [0, 0.05) is 18.5 Å². The molecule has 0 saturated carbocycles. The number of amides is 1. The molecule has 156 valence electrons. The maximum atomic E-state index is 13.2. The second-order valence-corrected chi connectivity index (χ2v) is 8.08. The smallest absolute Gasteiger partial charge is 0.339 e. The summed E-state index contributed by atoms with van der Waals surface area (Å²) in [6.07, 6.45) is 5.72. The molecule has 1 amide bonds. The molecular formula is C26H24N2O3. The molecule has 5 rings (SSSR count). The van der Waals surface area contributed by atoms with Gasteiger partial charge in [-0.05, 0) is 54.5 Å². The highest BCUT2D eigenvalue weighted by Crippen LogP contribution is 2.37. The maximum Gasteiger partial charge on any atom is 0.339 e. The lowest BCUT2D eigenvalue weighted by molar-refractivity contribution is -0.133. The number of allylic oxidation sites excluding steroid dienone is 1. The number of pyridine rings is 1. The highest BCUT2D eigenvalue weighted by molar-refractivity contribution is 6.07. The first-order valence-corrected chi connectivity index (χ1v) is 10.8. The predicted octanol–water partition coefficient (Wildman–Crippen LogP) is 4.50. The Kier molecular flexibility index (Phi) is 5.24. The van der Waals surface area contributed by atoms with Crippen LogP contribution in [-0.4, -0.2) is 41.5 Å². The number of para-hydroxylation sites is 1. The van der Waals surface area contributed by atoms with E-state index >= 15 is 0 Å². The maximum absolute atomic E-state index is 13.2. The van der Waals surface area contributed by atoms with E-state index in [1.54, 1.807) is 4.90 Å². The fourth-order valence-electron chi connectivity index (χ4n) is 4.52. The number of hydrogen-bond acceptors (Lipinski definition) is 4. The number of likely N-dealkylation sites (tertiary alicyclic amines) is 1. The summed E-state index contributed by atoms with van der Waals surface area (Å²) in [5, 5.41) is 0.779. The zero-order valence-electron chi connectivity index (χ0n) is 17.3. The van der Waals surface area contributed by atoms with E-state index in [0.29, 0.717) is 5.56 Å². The van der Waals surface area contributed by atoms with Gasteiger partial charge in [-0.25, -0.2) is 9.78 Å². The SMILES string of the molecule is O=C(OCC(=O)N1CCCC1)c1c2c(nc3ccccc13)/C(=C/c1ccccc1)CC2. The van der Waals surface area contributed by atoms with Crippen molar-refractivity contribution in [1.82, 2.24) is 9.88 Å². The zero-order valence-corrected chi connectivity index (χ0v) is 17.3. The molecule has 1 aliphatic carbocycles. The fraction of sp³-hybridized carbons (Fsp3) is 0.269. The summed E-state index contributed by atoms with van der Waals surface area (Å²) in [7, 11) is 0. The Morgan fingerprint density at radius 1 is 0.968 bits per heavy atom. The molecule has 1 aliphatic heterocycles. The molecule has 5 heteroatoms. The van der Waals surface area contributed by atoms with Gasteiger partial charge in [-0.1, -0.05) is 48.5 Å². The Morgan fingerprint density at radius 3 is 2.52 bits per heavy atom. The van der Waals surface area contributed by atoms with Crippen LogP contribution in [0.1, 0.15) is 46.4 Å². The Balaban J connectivity index is 1.50. The van der Waals surface area contributed by atoms with Crippen molar-refractivity contribution in [3.05, 3.63) is 77.0 Å². The van der Waals surface area contributed by atoms with E-state index in [0.717, 1.165) is 72.1 Å². The largest absolute Gasteiger partial charge is 0.452 e. The fourth-order valence-corrected chi connectivity index (χ4v) is 4.52. The third-order valence-electron chi connectivity index (χ3n) is 6.07. The van der Waals surface area contributed by atoms with Crippen molar-refractivity contribution in [2.75, 3.05) is 19.7 Å². The van der Waals surface area contributed by atoms with Crippen molar-refractivity contribution in [2.24, 2.45) is 0 Å². The summed E-state index contributed by atoms with van der Waals surface area (Å²) in [6.45, 7) is 1.28. The number of esters is 1. The second-order valence-electron chi connectivity index (χ2n) is 8.08. The number of nitrogens with zero attached hydrogens (tertiary/aromatic N) is 2. The van der Waals surface area contributed by atoms with Gasteiger partial charge in [0.15, 0.2) is 6.61 Å². The van der Waals surface area contributed by atoms with Gasteiger partial charge in [0.05, 0.1) is 16.8 Å². The van der Waals surface area contributed by atoms with Crippen LogP contribution in [0.3, 0.4) is 0 Å². The third kappa shape index (κ3) is 3.83. The molecule has 0 unspecified atom stereocenters. The Bertz CT molecular complexity index is 1180. The van der Waals surface area contributed by atoms with Gasteiger partial charge >= 0.3 is 5.97 Å². The van der Waals surface area contributed by atoms with Crippen molar-refractivity contribution in [3.63, 3.8) is 0 Å². The third-order valence-corrected chi connectivity index (χ3v) is 6.07. The van der Waals surface area contributed by atoms with Crippen LogP contribution in [0.2, 0.25) is 0 Å². The number of carbonyl (C=O) groups is 2. The molecular weight excluding hydrogens is 388 g/mol. The van der Waals surface area contributed by atoms with Gasteiger partial charge in [-0.3, -0.25) is 4.79 Å². The molecule has 0 radical (unpaired) electrons. The van der Waals surface area contributed by atoms with Crippen molar-refractivity contribution < 1.29 is 14.3 Å². The van der Waals surface area contributed by atoms with Crippen LogP contribution in [0, 0.1) is 0 Å². The number of benzene rings is 2. The molecule has 5 nitrogen and oxygen atoms in total. The summed E-state index contributed by atoms with van der Waals surface area (Å²) in [5.74, 6) is -0.561. The van der Waals surface area contributed by atoms with Gasteiger partial charge in [0.1, 0.15) is 0 Å². The van der Waals surface area contributed by atoms with Crippen LogP contribution in [0.25, 0.3) is 22.6 Å². The van der Waals surface area contributed by atoms with E-state index in [-0.39, 0.29) is 12.5 Å². The lowest BCUT2D eigenvalue weighted by Crippen LogP contribution is -2.32. The van der Waals surface area contributed by atoms with Crippen molar-refractivity contribution in [2.45, 2.75) is 25.7 Å². The Hall–Kier alpha value is -3.47. The lowest BCUT2D eigenvalue weighted by Gasteiger charge is -2.16. The zero-order chi connectivity index (χ0) is 21.2. The molecule has 3 aromatic rings. The van der Waals surface area contributed by atoms with Gasteiger partial charge in [0.25, 0.3) is 5.91 Å². The van der Waals surface area contributed by atoms with Crippen molar-refractivity contribution in [1.29, 1.82) is 0 Å². The molecule has 0 N–H and O–H groups in total. The monoisotopic (exact) mass is 412 g/mol. The van der Waals surface area contributed by atoms with Gasteiger partial charge in [0.2, 0.25) is 0 Å². The molecule has 2 aliphatic rings. The van der Waals surface area contributed by atoms with Crippen LogP contribution in [0.5, 0.6) is 0 Å². The summed E-state index contributed by atoms with van der Waals surface area (Å²) >= 11 is 0. The topological polar surface area (TPSA) is 59.5 Å². The van der Waals surface area contributed by atoms with E-state index < -0.39 is 5.97 Å². The van der Waals surface area contributed by atoms with E-state index in [9.17, 15) is 9.59 Å². The predicted molar refractivity (Wildman–Crippen MR) is 120 cm³/mol. The molecule has 1 fully saturated rings. The molecule has 1 aromatic heterocycles. The summed E-state index contributed by atoms with van der Waals surface area (Å²) < 4.78 is 5.51. The molecule has 1 saturated heterocycles. The highest BCUT2D eigenvalue weighted by atomic mass is 16.5. The van der Waals surface area contributed by atoms with Gasteiger partial charge < -0.3 is 9.64 Å². The minimum absolute atomic E-state index is 0.120. The number of aromatic nitrogens is 1. The average molecular weight is 412 g/mol. The number of ether oxygens (including phenoxy) is 1. The summed E-state index contributed by atoms with van der Waals surface area (Å²) in [4.78, 5) is 32.2. The van der Waals surface area contributed by atoms with Gasteiger partial charge in [-0.2, -0.15) is 0 Å². The number of hydrogen-bond donors (Lipinski definition) is 0.